The molecule has 0 aliphatic carbocycles. The normalized spacial score (nSPS) is 1.20. The molecule has 0 saturated heterocycles. The maximum Gasteiger partial charge on any atom is 0.187 e. The van der Waals surface area contributed by atoms with Crippen molar-refractivity contribution in [2.75, 3.05) is 0 Å². The molecule has 0 atom stereocenters. The predicted octanol–water partition coefficient (Wildman–Crippen LogP) is -0.163. The Balaban J connectivity index is -0.00000000167. The zero-order valence-electron chi connectivity index (χ0n) is 3.09. The fourth-order valence-electron chi connectivity index (χ4n) is 0. The summed E-state index contributed by atoms with van der Waals surface area (Å²) in [5, 5.41) is 0. The molecule has 0 amide bonds. The molecule has 0 spiro atoms. The van der Waals surface area contributed by atoms with Crippen LogP contribution in [0.1, 0.15) is 13.8 Å². The Morgan fingerprint density at radius 2 is 1.00 bits per heavy atom. The zero-order chi connectivity index (χ0) is 2.00. The first-order valence-corrected chi connectivity index (χ1v) is 1.00. The Morgan fingerprint density at radius 1 is 1.00 bits per heavy atom. The van der Waals surface area contributed by atoms with Crippen LogP contribution in [0.4, 0.5) is 0 Å². The Hall–Kier alpha value is 1.68. The van der Waals surface area contributed by atoms with E-state index >= 15 is 0 Å². The molecule has 0 saturated carbocycles. The Bertz CT molecular complexity index is 9.61. The summed E-state index contributed by atoms with van der Waals surface area (Å²) in [5.41, 5.74) is 0. The molecule has 0 unspecified atom stereocenters. The summed E-state index contributed by atoms with van der Waals surface area (Å²) in [7, 11) is 0. The summed E-state index contributed by atoms with van der Waals surface area (Å²) in [5.74, 6) is 0. The van der Waals surface area contributed by atoms with Gasteiger partial charge in [0.2, 0.25) is 0 Å². The minimum Gasteiger partial charge on any atom is -0.0683 e. The predicted molar refractivity (Wildman–Crippen MR) is 21.3 cm³/mol. The average Bonchev–Trinajstić information content (AvgIpc) is 1.00. The van der Waals surface area contributed by atoms with Crippen molar-refractivity contribution in [1.82, 2.24) is 0 Å². The molecule has 0 rings (SSSR count). The van der Waals surface area contributed by atoms with E-state index in [1.165, 1.54) is 0 Å². The second-order valence-electron chi connectivity index (χ2n) is 0. The van der Waals surface area contributed by atoms with Crippen molar-refractivity contribution in [3.8, 4) is 0 Å². The molecule has 0 nitrogen and oxygen atoms in total. The minimum absolute atomic E-state index is 0. The van der Waals surface area contributed by atoms with E-state index in [4.69, 9.17) is 0 Å². The smallest absolute Gasteiger partial charge is 0.0683 e. The van der Waals surface area contributed by atoms with Crippen molar-refractivity contribution >= 4 is 17.4 Å². The summed E-state index contributed by atoms with van der Waals surface area (Å²) < 4.78 is 0. The molecule has 0 aromatic heterocycles. The van der Waals surface area contributed by atoms with Gasteiger partial charge in [-0.1, -0.05) is 13.8 Å². The van der Waals surface area contributed by atoms with E-state index in [-0.39, 0.29) is 53.9 Å². The van der Waals surface area contributed by atoms with Gasteiger partial charge in [0.1, 0.15) is 0 Å². The van der Waals surface area contributed by atoms with Crippen molar-refractivity contribution in [1.29, 1.82) is 0 Å². The van der Waals surface area contributed by atoms with E-state index in [1.54, 1.807) is 0 Å². The van der Waals surface area contributed by atoms with Gasteiger partial charge in [-0.05, 0) is 0 Å². The van der Waals surface area contributed by atoms with Gasteiger partial charge in [0.25, 0.3) is 0 Å². The number of hydrogen-bond donors (Lipinski definition) is 0. The van der Waals surface area contributed by atoms with Gasteiger partial charge in [-0.15, -0.1) is 0 Å². The molecule has 1 radical (unpaired) electrons. The monoisotopic (exact) mass is 179 g/mol. The molecule has 0 aliphatic heterocycles. The van der Waals surface area contributed by atoms with E-state index < -0.39 is 0 Å². The van der Waals surface area contributed by atoms with Crippen LogP contribution in [0.25, 0.3) is 0 Å². The van der Waals surface area contributed by atoms with Crippen LogP contribution in [-0.4, -0.2) is 17.4 Å². The van der Waals surface area contributed by atoms with Crippen molar-refractivity contribution in [3.05, 3.63) is 0 Å². The molecule has 0 fully saturated rings. The molecule has 29 valence electrons. The minimum atomic E-state index is 0. The Kier molecular flexibility index (Phi) is 266. The van der Waals surface area contributed by atoms with Gasteiger partial charge in [-0.25, -0.2) is 0 Å². The zero-order valence-corrected chi connectivity index (χ0v) is 7.23. The standard InChI is InChI=1S/C2H6.Al.Mn.Zn.3H/c1-2;;;;;;/h1-2H3;;;;;;. The van der Waals surface area contributed by atoms with Crippen LogP contribution in [0.15, 0.2) is 0 Å². The average molecular weight is 180 g/mol. The second-order valence-corrected chi connectivity index (χ2v) is 0. The van der Waals surface area contributed by atoms with Gasteiger partial charge in [0, 0.05) is 36.5 Å². The Morgan fingerprint density at radius 3 is 1.00 bits per heavy atom. The van der Waals surface area contributed by atoms with Gasteiger partial charge in [0.15, 0.2) is 17.4 Å². The summed E-state index contributed by atoms with van der Waals surface area (Å²) in [6.45, 7) is 4.00. The van der Waals surface area contributed by atoms with Crippen molar-refractivity contribution in [2.24, 2.45) is 0 Å². The maximum absolute atomic E-state index is 2.00. The van der Waals surface area contributed by atoms with Crippen LogP contribution in [0, 0.1) is 0 Å². The van der Waals surface area contributed by atoms with Crippen molar-refractivity contribution in [2.45, 2.75) is 13.8 Å². The van der Waals surface area contributed by atoms with E-state index in [0.29, 0.717) is 0 Å². The summed E-state index contributed by atoms with van der Waals surface area (Å²) >= 11 is 0. The fourth-order valence-corrected chi connectivity index (χ4v) is 0. The topological polar surface area (TPSA) is 0 Å². The van der Waals surface area contributed by atoms with Gasteiger partial charge in [-0.2, -0.15) is 0 Å². The third-order valence-corrected chi connectivity index (χ3v) is 0. The van der Waals surface area contributed by atoms with Crippen molar-refractivity contribution < 1.29 is 36.5 Å². The van der Waals surface area contributed by atoms with Gasteiger partial charge >= 0.3 is 0 Å². The third-order valence-electron chi connectivity index (χ3n) is 0. The molecule has 0 aromatic rings. The molecule has 0 aliphatic rings. The van der Waals surface area contributed by atoms with Crippen LogP contribution < -0.4 is 0 Å². The van der Waals surface area contributed by atoms with Gasteiger partial charge in [-0.3, -0.25) is 0 Å². The van der Waals surface area contributed by atoms with Crippen molar-refractivity contribution in [3.63, 3.8) is 0 Å². The molecule has 0 bridgehead atoms. The van der Waals surface area contributed by atoms with E-state index in [9.17, 15) is 0 Å². The van der Waals surface area contributed by atoms with Gasteiger partial charge in [0.05, 0.1) is 0 Å². The number of hydrogen-bond acceptors (Lipinski definition) is 0. The molecular formula is C2H9AlMnZn. The van der Waals surface area contributed by atoms with Crippen LogP contribution in [0.5, 0.6) is 0 Å². The van der Waals surface area contributed by atoms with E-state index in [1.807, 2.05) is 13.8 Å². The third kappa shape index (κ3) is 27.3. The first-order valence-electron chi connectivity index (χ1n) is 1.00. The van der Waals surface area contributed by atoms with Crippen LogP contribution in [-0.2, 0) is 36.5 Å². The maximum atomic E-state index is 2.00. The van der Waals surface area contributed by atoms with Gasteiger partial charge < -0.3 is 0 Å². The SMILES string of the molecule is CC.[AlH3].[Mn].[Zn]. The summed E-state index contributed by atoms with van der Waals surface area (Å²) in [4.78, 5) is 0. The number of rotatable bonds is 0. The van der Waals surface area contributed by atoms with E-state index in [0.717, 1.165) is 0 Å². The fraction of sp³-hybridized carbons (Fsp3) is 1.00. The molecule has 0 heterocycles. The Labute approximate surface area is 67.5 Å². The largest absolute Gasteiger partial charge is 0.187 e. The molecule has 0 aromatic carbocycles. The molecule has 3 heteroatoms. The van der Waals surface area contributed by atoms with Crippen LogP contribution in [0.3, 0.4) is 0 Å². The quantitative estimate of drug-likeness (QED) is 0.455. The first kappa shape index (κ1) is 30.0. The molecule has 5 heavy (non-hydrogen) atoms. The first-order chi connectivity index (χ1) is 1.00. The second kappa shape index (κ2) is 44.2. The summed E-state index contributed by atoms with van der Waals surface area (Å²) in [6, 6.07) is 0. The summed E-state index contributed by atoms with van der Waals surface area (Å²) in [6.07, 6.45) is 0. The van der Waals surface area contributed by atoms with Crippen LogP contribution >= 0.6 is 0 Å². The molecule has 0 N–H and O–H groups in total. The molecular weight excluding hydrogens is 171 g/mol. The van der Waals surface area contributed by atoms with Crippen LogP contribution in [0.2, 0.25) is 0 Å². The van der Waals surface area contributed by atoms with E-state index in [2.05, 4.69) is 0 Å².